The summed E-state index contributed by atoms with van der Waals surface area (Å²) < 4.78 is 0. The lowest BCUT2D eigenvalue weighted by molar-refractivity contribution is -0.152. The average Bonchev–Trinajstić information content (AvgIpc) is 2.64. The quantitative estimate of drug-likeness (QED) is 0.833. The number of carbonyl (C=O) groups is 2. The summed E-state index contributed by atoms with van der Waals surface area (Å²) in [4.78, 5) is 23.7. The maximum Gasteiger partial charge on any atom is 0.310 e. The number of amides is 1. The van der Waals surface area contributed by atoms with Gasteiger partial charge in [0, 0.05) is 6.42 Å². The standard InChI is InChI=1S/C13H19N3O3S/c1-9-15-16-12(20-9)14-10(17)8-13(11(18)19)6-4-2-3-5-7-13/h2-8H2,1H3,(H,18,19)(H,14,16,17). The highest BCUT2D eigenvalue weighted by molar-refractivity contribution is 7.15. The summed E-state index contributed by atoms with van der Waals surface area (Å²) in [6, 6.07) is 0. The molecule has 0 saturated heterocycles. The number of aryl methyl sites for hydroxylation is 1. The molecule has 1 aliphatic carbocycles. The number of aliphatic carboxylic acids is 1. The molecule has 2 N–H and O–H groups in total. The van der Waals surface area contributed by atoms with Gasteiger partial charge in [0.05, 0.1) is 5.41 Å². The van der Waals surface area contributed by atoms with Crippen molar-refractivity contribution in [2.75, 3.05) is 5.32 Å². The van der Waals surface area contributed by atoms with Gasteiger partial charge in [-0.05, 0) is 19.8 Å². The summed E-state index contributed by atoms with van der Waals surface area (Å²) in [5.74, 6) is -1.14. The van der Waals surface area contributed by atoms with Crippen LogP contribution in [0.4, 0.5) is 5.13 Å². The highest BCUT2D eigenvalue weighted by Crippen LogP contribution is 2.38. The molecule has 0 atom stereocenters. The van der Waals surface area contributed by atoms with E-state index in [9.17, 15) is 14.7 Å². The third kappa shape index (κ3) is 3.53. The molecule has 0 unspecified atom stereocenters. The second-order valence-corrected chi connectivity index (χ2v) is 6.53. The van der Waals surface area contributed by atoms with E-state index in [1.807, 2.05) is 0 Å². The molecule has 1 heterocycles. The monoisotopic (exact) mass is 297 g/mol. The largest absolute Gasteiger partial charge is 0.481 e. The zero-order chi connectivity index (χ0) is 14.6. The Hall–Kier alpha value is -1.50. The number of nitrogens with zero attached hydrogens (tertiary/aromatic N) is 2. The van der Waals surface area contributed by atoms with Crippen LogP contribution in [0.3, 0.4) is 0 Å². The van der Waals surface area contributed by atoms with Crippen molar-refractivity contribution < 1.29 is 14.7 Å². The van der Waals surface area contributed by atoms with Crippen LogP contribution in [0.5, 0.6) is 0 Å². The van der Waals surface area contributed by atoms with Crippen LogP contribution >= 0.6 is 11.3 Å². The van der Waals surface area contributed by atoms with E-state index in [0.29, 0.717) is 18.0 Å². The fourth-order valence-electron chi connectivity index (χ4n) is 2.69. The minimum Gasteiger partial charge on any atom is -0.481 e. The molecule has 0 aliphatic heterocycles. The Bertz CT molecular complexity index is 493. The van der Waals surface area contributed by atoms with Crippen molar-refractivity contribution in [1.29, 1.82) is 0 Å². The number of carboxylic acid groups (broad SMARTS) is 1. The topological polar surface area (TPSA) is 92.2 Å². The Balaban J connectivity index is 2.03. The van der Waals surface area contributed by atoms with Gasteiger partial charge >= 0.3 is 5.97 Å². The van der Waals surface area contributed by atoms with Crippen molar-refractivity contribution >= 4 is 28.3 Å². The summed E-state index contributed by atoms with van der Waals surface area (Å²) in [5, 5.41) is 21.0. The highest BCUT2D eigenvalue weighted by Gasteiger charge is 2.40. The molecule has 1 aliphatic rings. The normalized spacial score (nSPS) is 18.2. The van der Waals surface area contributed by atoms with E-state index in [1.54, 1.807) is 6.92 Å². The molecule has 1 aromatic heterocycles. The van der Waals surface area contributed by atoms with Gasteiger partial charge in [-0.15, -0.1) is 10.2 Å². The second kappa shape index (κ2) is 6.30. The predicted octanol–water partition coefficient (Wildman–Crippen LogP) is 2.60. The molecule has 6 nitrogen and oxygen atoms in total. The highest BCUT2D eigenvalue weighted by atomic mass is 32.1. The molecule has 1 saturated carbocycles. The van der Waals surface area contributed by atoms with E-state index < -0.39 is 11.4 Å². The van der Waals surface area contributed by atoms with E-state index in [0.717, 1.165) is 30.7 Å². The van der Waals surface area contributed by atoms with Crippen molar-refractivity contribution in [3.63, 3.8) is 0 Å². The van der Waals surface area contributed by atoms with Gasteiger partial charge in [0.15, 0.2) is 0 Å². The number of anilines is 1. The zero-order valence-corrected chi connectivity index (χ0v) is 12.3. The van der Waals surface area contributed by atoms with Gasteiger partial charge in [-0.1, -0.05) is 37.0 Å². The number of carboxylic acids is 1. The van der Waals surface area contributed by atoms with Gasteiger partial charge in [0.25, 0.3) is 0 Å². The Morgan fingerprint density at radius 1 is 1.25 bits per heavy atom. The molecule has 2 rings (SSSR count). The average molecular weight is 297 g/mol. The van der Waals surface area contributed by atoms with Crippen molar-refractivity contribution in [1.82, 2.24) is 10.2 Å². The van der Waals surface area contributed by atoms with Crippen LogP contribution in [0, 0.1) is 12.3 Å². The molecule has 0 aromatic carbocycles. The van der Waals surface area contributed by atoms with Gasteiger partial charge in [0.2, 0.25) is 11.0 Å². The van der Waals surface area contributed by atoms with Crippen LogP contribution in [-0.2, 0) is 9.59 Å². The number of hydrogen-bond acceptors (Lipinski definition) is 5. The second-order valence-electron chi connectivity index (χ2n) is 5.35. The smallest absolute Gasteiger partial charge is 0.310 e. The maximum absolute atomic E-state index is 12.1. The molecular formula is C13H19N3O3S. The molecule has 20 heavy (non-hydrogen) atoms. The summed E-state index contributed by atoms with van der Waals surface area (Å²) >= 11 is 1.29. The Morgan fingerprint density at radius 3 is 2.40 bits per heavy atom. The number of aromatic nitrogens is 2. The Labute approximate surface area is 121 Å². The van der Waals surface area contributed by atoms with Crippen LogP contribution in [0.2, 0.25) is 0 Å². The van der Waals surface area contributed by atoms with Crippen LogP contribution in [-0.4, -0.2) is 27.2 Å². The number of carbonyl (C=O) groups excluding carboxylic acids is 1. The third-order valence-corrected chi connectivity index (χ3v) is 4.54. The lowest BCUT2D eigenvalue weighted by Gasteiger charge is -2.26. The molecule has 0 spiro atoms. The minimum absolute atomic E-state index is 0.0148. The number of hydrogen-bond donors (Lipinski definition) is 2. The fraction of sp³-hybridized carbons (Fsp3) is 0.692. The van der Waals surface area contributed by atoms with E-state index in [-0.39, 0.29) is 12.3 Å². The van der Waals surface area contributed by atoms with E-state index in [2.05, 4.69) is 15.5 Å². The molecular weight excluding hydrogens is 278 g/mol. The first-order valence-electron chi connectivity index (χ1n) is 6.85. The summed E-state index contributed by atoms with van der Waals surface area (Å²) in [5.41, 5.74) is -0.916. The fourth-order valence-corrected chi connectivity index (χ4v) is 3.30. The number of nitrogens with one attached hydrogen (secondary N) is 1. The minimum atomic E-state index is -0.916. The molecule has 7 heteroatoms. The van der Waals surface area contributed by atoms with Crippen LogP contribution in [0.15, 0.2) is 0 Å². The molecule has 1 amide bonds. The van der Waals surface area contributed by atoms with Gasteiger partial charge in [-0.2, -0.15) is 0 Å². The summed E-state index contributed by atoms with van der Waals surface area (Å²) in [7, 11) is 0. The molecule has 1 fully saturated rings. The molecule has 1 aromatic rings. The first kappa shape index (κ1) is 14.9. The van der Waals surface area contributed by atoms with Crippen molar-refractivity contribution in [3.05, 3.63) is 5.01 Å². The first-order valence-corrected chi connectivity index (χ1v) is 7.67. The van der Waals surface area contributed by atoms with Crippen molar-refractivity contribution in [2.45, 2.75) is 51.9 Å². The molecule has 0 bridgehead atoms. The first-order chi connectivity index (χ1) is 9.52. The third-order valence-electron chi connectivity index (χ3n) is 3.79. The Morgan fingerprint density at radius 2 is 1.90 bits per heavy atom. The van der Waals surface area contributed by atoms with Gasteiger partial charge in [-0.25, -0.2) is 0 Å². The number of rotatable bonds is 4. The maximum atomic E-state index is 12.1. The van der Waals surface area contributed by atoms with Gasteiger partial charge < -0.3 is 10.4 Å². The Kier molecular flexibility index (Phi) is 4.69. The summed E-state index contributed by atoms with van der Waals surface area (Å²) in [6.07, 6.45) is 5.00. The van der Waals surface area contributed by atoms with Crippen LogP contribution in [0.25, 0.3) is 0 Å². The SMILES string of the molecule is Cc1nnc(NC(=O)CC2(C(=O)O)CCCCCC2)s1. The molecule has 110 valence electrons. The van der Waals surface area contributed by atoms with E-state index >= 15 is 0 Å². The summed E-state index contributed by atoms with van der Waals surface area (Å²) in [6.45, 7) is 1.80. The predicted molar refractivity (Wildman–Crippen MR) is 75.7 cm³/mol. The van der Waals surface area contributed by atoms with Gasteiger partial charge in [-0.3, -0.25) is 9.59 Å². The van der Waals surface area contributed by atoms with Gasteiger partial charge in [0.1, 0.15) is 5.01 Å². The van der Waals surface area contributed by atoms with E-state index in [4.69, 9.17) is 0 Å². The van der Waals surface area contributed by atoms with Crippen LogP contribution < -0.4 is 5.32 Å². The van der Waals surface area contributed by atoms with E-state index in [1.165, 1.54) is 11.3 Å². The lowest BCUT2D eigenvalue weighted by atomic mass is 9.77. The molecule has 0 radical (unpaired) electrons. The zero-order valence-electron chi connectivity index (χ0n) is 11.5. The lowest BCUT2D eigenvalue weighted by Crippen LogP contribution is -2.35. The van der Waals surface area contributed by atoms with Crippen LogP contribution in [0.1, 0.15) is 50.0 Å². The van der Waals surface area contributed by atoms with Crippen molar-refractivity contribution in [3.8, 4) is 0 Å². The van der Waals surface area contributed by atoms with Crippen molar-refractivity contribution in [2.24, 2.45) is 5.41 Å².